The van der Waals surface area contributed by atoms with Crippen LogP contribution in [0.3, 0.4) is 0 Å². The lowest BCUT2D eigenvalue weighted by Crippen LogP contribution is -2.58. The van der Waals surface area contributed by atoms with E-state index < -0.39 is 5.60 Å². The standard InChI is InChI=1S/C26H36O4/c1-7-23(28)26(30-15-29-6)17(3)13-22-19-12-16(2)21-14-18(27)8-10-24(21,4)20(19)9-11-25(22,26)5/h8-10,14,16-17,19,22H,7,11-13,15H2,1-6H3/t16-,17-,19+,22-,24+,25-,26-/m0/s1. The van der Waals surface area contributed by atoms with Crippen LogP contribution >= 0.6 is 0 Å². The zero-order valence-corrected chi connectivity index (χ0v) is 19.3. The van der Waals surface area contributed by atoms with Gasteiger partial charge in [-0.05, 0) is 67.6 Å². The third kappa shape index (κ3) is 2.65. The lowest BCUT2D eigenvalue weighted by molar-refractivity contribution is -0.201. The number of hydrogen-bond acceptors (Lipinski definition) is 4. The Balaban J connectivity index is 1.82. The van der Waals surface area contributed by atoms with Crippen molar-refractivity contribution < 1.29 is 19.1 Å². The smallest absolute Gasteiger partial charge is 0.178 e. The van der Waals surface area contributed by atoms with Gasteiger partial charge in [0.1, 0.15) is 12.4 Å². The van der Waals surface area contributed by atoms with Crippen molar-refractivity contribution in [2.75, 3.05) is 13.9 Å². The van der Waals surface area contributed by atoms with Crippen molar-refractivity contribution in [2.45, 2.75) is 65.9 Å². The molecule has 0 saturated heterocycles. The fourth-order valence-electron chi connectivity index (χ4n) is 7.65. The average molecular weight is 413 g/mol. The van der Waals surface area contributed by atoms with Crippen molar-refractivity contribution in [3.63, 3.8) is 0 Å². The molecule has 0 aromatic carbocycles. The molecular weight excluding hydrogens is 376 g/mol. The maximum absolute atomic E-state index is 13.4. The van der Waals surface area contributed by atoms with E-state index in [1.807, 2.05) is 13.0 Å². The minimum Gasteiger partial charge on any atom is -0.359 e. The molecule has 0 amide bonds. The van der Waals surface area contributed by atoms with Gasteiger partial charge >= 0.3 is 0 Å². The van der Waals surface area contributed by atoms with Gasteiger partial charge in [-0.15, -0.1) is 0 Å². The Hall–Kier alpha value is -1.52. The second-order valence-corrected chi connectivity index (χ2v) is 10.4. The molecule has 0 bridgehead atoms. The highest BCUT2D eigenvalue weighted by Gasteiger charge is 2.68. The summed E-state index contributed by atoms with van der Waals surface area (Å²) in [6.07, 6.45) is 11.4. The fourth-order valence-corrected chi connectivity index (χ4v) is 7.65. The third-order valence-corrected chi connectivity index (χ3v) is 8.96. The van der Waals surface area contributed by atoms with Crippen LogP contribution < -0.4 is 0 Å². The molecule has 4 aliphatic rings. The Bertz CT molecular complexity index is 851. The maximum Gasteiger partial charge on any atom is 0.178 e. The molecule has 4 rings (SSSR count). The molecule has 0 spiro atoms. The Morgan fingerprint density at radius 1 is 1.20 bits per heavy atom. The van der Waals surface area contributed by atoms with Crippen molar-refractivity contribution in [2.24, 2.45) is 34.5 Å². The minimum absolute atomic E-state index is 0.101. The summed E-state index contributed by atoms with van der Waals surface area (Å²) in [5.74, 6) is 1.58. The first-order chi connectivity index (χ1) is 14.2. The van der Waals surface area contributed by atoms with Gasteiger partial charge in [0.25, 0.3) is 0 Å². The molecule has 0 aliphatic heterocycles. The van der Waals surface area contributed by atoms with Crippen LogP contribution in [0.1, 0.15) is 60.3 Å². The number of carbonyl (C=O) groups is 2. The van der Waals surface area contributed by atoms with E-state index in [0.29, 0.717) is 24.2 Å². The summed E-state index contributed by atoms with van der Waals surface area (Å²) in [5.41, 5.74) is 1.45. The summed E-state index contributed by atoms with van der Waals surface area (Å²) in [7, 11) is 1.62. The second-order valence-electron chi connectivity index (χ2n) is 10.4. The van der Waals surface area contributed by atoms with Gasteiger partial charge in [0, 0.05) is 24.4 Å². The molecule has 0 unspecified atom stereocenters. The van der Waals surface area contributed by atoms with E-state index >= 15 is 0 Å². The topological polar surface area (TPSA) is 52.6 Å². The van der Waals surface area contributed by atoms with E-state index in [4.69, 9.17) is 9.47 Å². The van der Waals surface area contributed by atoms with E-state index in [2.05, 4.69) is 39.8 Å². The molecule has 0 heterocycles. The Kier molecular flexibility index (Phi) is 5.26. The van der Waals surface area contributed by atoms with Gasteiger partial charge in [0.15, 0.2) is 11.6 Å². The molecule has 4 heteroatoms. The zero-order chi connectivity index (χ0) is 21.9. The molecule has 164 valence electrons. The van der Waals surface area contributed by atoms with Crippen molar-refractivity contribution in [3.05, 3.63) is 35.5 Å². The maximum atomic E-state index is 13.4. The van der Waals surface area contributed by atoms with Gasteiger partial charge in [-0.1, -0.05) is 45.4 Å². The normalized spacial score (nSPS) is 44.7. The lowest BCUT2D eigenvalue weighted by atomic mass is 9.49. The van der Waals surface area contributed by atoms with E-state index in [-0.39, 0.29) is 35.1 Å². The molecule has 0 radical (unpaired) electrons. The first-order valence-corrected chi connectivity index (χ1v) is 11.5. The number of ketones is 2. The summed E-state index contributed by atoms with van der Waals surface area (Å²) in [5, 5.41) is 0. The van der Waals surface area contributed by atoms with Gasteiger partial charge in [-0.2, -0.15) is 0 Å². The Labute approximate surface area is 180 Å². The molecular formula is C26H36O4. The number of Topliss-reactive ketones (excluding diaryl/α,β-unsaturated/α-hetero) is 1. The average Bonchev–Trinajstić information content (AvgIpc) is 2.95. The van der Waals surface area contributed by atoms with Crippen LogP contribution in [0.25, 0.3) is 0 Å². The quantitative estimate of drug-likeness (QED) is 0.469. The number of carbonyl (C=O) groups excluding carboxylic acids is 2. The highest BCUT2D eigenvalue weighted by atomic mass is 16.7. The predicted molar refractivity (Wildman–Crippen MR) is 117 cm³/mol. The zero-order valence-electron chi connectivity index (χ0n) is 19.3. The highest BCUT2D eigenvalue weighted by molar-refractivity contribution is 6.01. The molecule has 30 heavy (non-hydrogen) atoms. The highest BCUT2D eigenvalue weighted by Crippen LogP contribution is 2.68. The summed E-state index contributed by atoms with van der Waals surface area (Å²) in [6.45, 7) is 11.1. The van der Waals surface area contributed by atoms with Crippen molar-refractivity contribution in [3.8, 4) is 0 Å². The van der Waals surface area contributed by atoms with Crippen LogP contribution in [0.5, 0.6) is 0 Å². The number of allylic oxidation sites excluding steroid dienone is 6. The number of hydrogen-bond donors (Lipinski definition) is 0. The summed E-state index contributed by atoms with van der Waals surface area (Å²) < 4.78 is 11.6. The van der Waals surface area contributed by atoms with Crippen LogP contribution in [0.2, 0.25) is 0 Å². The number of methoxy groups -OCH3 is 1. The van der Waals surface area contributed by atoms with Crippen LogP contribution in [0, 0.1) is 34.5 Å². The first-order valence-electron chi connectivity index (χ1n) is 11.5. The van der Waals surface area contributed by atoms with Gasteiger partial charge in [0.05, 0.1) is 0 Å². The van der Waals surface area contributed by atoms with Gasteiger partial charge < -0.3 is 9.47 Å². The lowest BCUT2D eigenvalue weighted by Gasteiger charge is -2.56. The molecule has 0 N–H and O–H groups in total. The molecule has 2 fully saturated rings. The van der Waals surface area contributed by atoms with E-state index in [9.17, 15) is 9.59 Å². The second kappa shape index (κ2) is 7.27. The van der Waals surface area contributed by atoms with Crippen LogP contribution in [0.4, 0.5) is 0 Å². The van der Waals surface area contributed by atoms with E-state index in [1.165, 1.54) is 11.1 Å². The Morgan fingerprint density at radius 3 is 2.60 bits per heavy atom. The third-order valence-electron chi connectivity index (χ3n) is 8.96. The number of ether oxygens (including phenoxy) is 2. The largest absolute Gasteiger partial charge is 0.359 e. The van der Waals surface area contributed by atoms with Gasteiger partial charge in [-0.3, -0.25) is 9.59 Å². The van der Waals surface area contributed by atoms with E-state index in [0.717, 1.165) is 19.3 Å². The number of fused-ring (bicyclic) bond motifs is 5. The first kappa shape index (κ1) is 21.7. The Morgan fingerprint density at radius 2 is 1.93 bits per heavy atom. The van der Waals surface area contributed by atoms with Crippen molar-refractivity contribution in [1.82, 2.24) is 0 Å². The summed E-state index contributed by atoms with van der Waals surface area (Å²) in [6, 6.07) is 0. The van der Waals surface area contributed by atoms with Gasteiger partial charge in [-0.25, -0.2) is 0 Å². The van der Waals surface area contributed by atoms with Crippen molar-refractivity contribution >= 4 is 11.6 Å². The fraction of sp³-hybridized carbons (Fsp3) is 0.692. The monoisotopic (exact) mass is 412 g/mol. The predicted octanol–water partition coefficient (Wildman–Crippen LogP) is 5.04. The molecule has 4 aliphatic carbocycles. The van der Waals surface area contributed by atoms with Crippen LogP contribution in [-0.4, -0.2) is 31.1 Å². The van der Waals surface area contributed by atoms with E-state index in [1.54, 1.807) is 13.2 Å². The molecule has 7 atom stereocenters. The SMILES string of the molecule is CCC(=O)[C@@]1(OCOC)[C@@H](C)C[C@H]2[C@@H]3C[C@H](C)C4=CC(=O)C=C[C@]4(C)C3=CC[C@@]21C. The molecule has 0 aromatic heterocycles. The molecule has 0 aromatic rings. The van der Waals surface area contributed by atoms with Gasteiger partial charge in [0.2, 0.25) is 0 Å². The minimum atomic E-state index is -0.802. The molecule has 2 saturated carbocycles. The van der Waals surface area contributed by atoms with Crippen molar-refractivity contribution in [1.29, 1.82) is 0 Å². The molecule has 4 nitrogen and oxygen atoms in total. The summed E-state index contributed by atoms with van der Waals surface area (Å²) >= 11 is 0. The van der Waals surface area contributed by atoms with Crippen LogP contribution in [0.15, 0.2) is 35.5 Å². The van der Waals surface area contributed by atoms with Crippen LogP contribution in [-0.2, 0) is 19.1 Å². The number of rotatable bonds is 5. The summed E-state index contributed by atoms with van der Waals surface area (Å²) in [4.78, 5) is 25.5.